The van der Waals surface area contributed by atoms with Crippen molar-refractivity contribution in [3.63, 3.8) is 0 Å². The summed E-state index contributed by atoms with van der Waals surface area (Å²) in [6.45, 7) is -0.0826. The highest BCUT2D eigenvalue weighted by Crippen LogP contribution is 2.21. The normalized spacial score (nSPS) is 10.2. The topological polar surface area (TPSA) is 50.4 Å². The van der Waals surface area contributed by atoms with E-state index in [0.717, 1.165) is 6.07 Å². The Morgan fingerprint density at radius 2 is 1.86 bits per heavy atom. The fraction of sp³-hybridized carbons (Fsp3) is 0.133. The molecule has 2 rings (SSSR count). The van der Waals surface area contributed by atoms with Crippen LogP contribution in [-0.4, -0.2) is 19.6 Å². The first-order valence-corrected chi connectivity index (χ1v) is 6.69. The Bertz CT molecular complexity index is 695. The highest BCUT2D eigenvalue weighted by Gasteiger charge is 2.07. The van der Waals surface area contributed by atoms with Crippen LogP contribution in [0, 0.1) is 11.6 Å². The van der Waals surface area contributed by atoms with Crippen LogP contribution < -0.4 is 15.4 Å². The molecule has 2 aromatic rings. The second kappa shape index (κ2) is 7.09. The molecule has 7 heteroatoms. The molecule has 1 amide bonds. The van der Waals surface area contributed by atoms with Crippen molar-refractivity contribution < 1.29 is 18.3 Å². The van der Waals surface area contributed by atoms with Crippen molar-refractivity contribution in [2.75, 3.05) is 24.3 Å². The Hall–Kier alpha value is -2.34. The van der Waals surface area contributed by atoms with Gasteiger partial charge in [0.1, 0.15) is 5.82 Å². The number of hydrogen-bond donors (Lipinski definition) is 2. The Balaban J connectivity index is 1.92. The summed E-state index contributed by atoms with van der Waals surface area (Å²) in [6.07, 6.45) is 0. The molecule has 0 aromatic heterocycles. The van der Waals surface area contributed by atoms with Gasteiger partial charge in [-0.3, -0.25) is 4.79 Å². The molecule has 0 radical (unpaired) electrons. The predicted octanol–water partition coefficient (Wildman–Crippen LogP) is 3.68. The van der Waals surface area contributed by atoms with E-state index in [1.165, 1.54) is 31.4 Å². The molecule has 0 unspecified atom stereocenters. The minimum absolute atomic E-state index is 0.0806. The molecular formula is C15H13ClF2N2O2. The maximum absolute atomic E-state index is 13.5. The molecule has 0 saturated heterocycles. The number of carbonyl (C=O) groups excluding carboxylic acids is 1. The fourth-order valence-electron chi connectivity index (χ4n) is 1.74. The van der Waals surface area contributed by atoms with E-state index in [1.54, 1.807) is 6.07 Å². The van der Waals surface area contributed by atoms with Crippen LogP contribution in [0.5, 0.6) is 5.75 Å². The third-order valence-electron chi connectivity index (χ3n) is 2.81. The first-order chi connectivity index (χ1) is 10.5. The van der Waals surface area contributed by atoms with E-state index in [4.69, 9.17) is 16.3 Å². The van der Waals surface area contributed by atoms with Crippen LogP contribution in [0.25, 0.3) is 0 Å². The smallest absolute Gasteiger partial charge is 0.243 e. The second-order valence-electron chi connectivity index (χ2n) is 4.38. The lowest BCUT2D eigenvalue weighted by Crippen LogP contribution is -2.21. The molecule has 0 saturated carbocycles. The number of anilines is 2. The maximum atomic E-state index is 13.5. The summed E-state index contributed by atoms with van der Waals surface area (Å²) in [7, 11) is 1.37. The Kier molecular flexibility index (Phi) is 5.16. The van der Waals surface area contributed by atoms with Gasteiger partial charge < -0.3 is 15.4 Å². The molecule has 0 spiro atoms. The molecule has 4 nitrogen and oxygen atoms in total. The van der Waals surface area contributed by atoms with E-state index in [9.17, 15) is 13.6 Å². The average Bonchev–Trinajstić information content (AvgIpc) is 2.49. The van der Waals surface area contributed by atoms with Crippen LogP contribution in [0.1, 0.15) is 0 Å². The quantitative estimate of drug-likeness (QED) is 0.881. The lowest BCUT2D eigenvalue weighted by atomic mass is 10.3. The number of benzene rings is 2. The maximum Gasteiger partial charge on any atom is 0.243 e. The predicted molar refractivity (Wildman–Crippen MR) is 81.5 cm³/mol. The zero-order valence-electron chi connectivity index (χ0n) is 11.6. The van der Waals surface area contributed by atoms with E-state index in [1.807, 2.05) is 0 Å². The second-order valence-corrected chi connectivity index (χ2v) is 4.79. The minimum Gasteiger partial charge on any atom is -0.494 e. The molecule has 0 fully saturated rings. The molecule has 116 valence electrons. The lowest BCUT2D eigenvalue weighted by Gasteiger charge is -2.09. The molecule has 0 aliphatic heterocycles. The van der Waals surface area contributed by atoms with E-state index >= 15 is 0 Å². The minimum atomic E-state index is -0.563. The highest BCUT2D eigenvalue weighted by atomic mass is 35.5. The van der Waals surface area contributed by atoms with E-state index in [-0.39, 0.29) is 23.2 Å². The molecule has 2 N–H and O–H groups in total. The number of amides is 1. The third kappa shape index (κ3) is 4.08. The zero-order chi connectivity index (χ0) is 16.1. The molecular weight excluding hydrogens is 314 g/mol. The largest absolute Gasteiger partial charge is 0.494 e. The highest BCUT2D eigenvalue weighted by molar-refractivity contribution is 6.31. The van der Waals surface area contributed by atoms with Gasteiger partial charge in [-0.15, -0.1) is 0 Å². The van der Waals surface area contributed by atoms with E-state index < -0.39 is 11.6 Å². The fourth-order valence-corrected chi connectivity index (χ4v) is 1.92. The molecule has 2 aromatic carbocycles. The number of hydrogen-bond acceptors (Lipinski definition) is 3. The summed E-state index contributed by atoms with van der Waals surface area (Å²) in [6, 6.07) is 8.12. The van der Waals surface area contributed by atoms with Crippen molar-refractivity contribution in [1.82, 2.24) is 0 Å². The lowest BCUT2D eigenvalue weighted by molar-refractivity contribution is -0.114. The van der Waals surface area contributed by atoms with Crippen LogP contribution >= 0.6 is 11.6 Å². The van der Waals surface area contributed by atoms with Crippen molar-refractivity contribution >= 4 is 28.9 Å². The van der Waals surface area contributed by atoms with Gasteiger partial charge in [0.2, 0.25) is 5.91 Å². The average molecular weight is 327 g/mol. The van der Waals surface area contributed by atoms with Crippen molar-refractivity contribution in [3.05, 3.63) is 53.1 Å². The van der Waals surface area contributed by atoms with Crippen molar-refractivity contribution in [3.8, 4) is 5.75 Å². The first kappa shape index (κ1) is 16.0. The molecule has 22 heavy (non-hydrogen) atoms. The number of nitrogens with one attached hydrogen (secondary N) is 2. The monoisotopic (exact) mass is 326 g/mol. The molecule has 0 aliphatic carbocycles. The van der Waals surface area contributed by atoms with E-state index in [0.29, 0.717) is 11.4 Å². The van der Waals surface area contributed by atoms with Crippen molar-refractivity contribution in [1.29, 1.82) is 0 Å². The van der Waals surface area contributed by atoms with Gasteiger partial charge in [0.25, 0.3) is 0 Å². The Morgan fingerprint density at radius 1 is 1.14 bits per heavy atom. The van der Waals surface area contributed by atoms with Crippen LogP contribution in [0.15, 0.2) is 36.4 Å². The molecule has 0 atom stereocenters. The van der Waals surface area contributed by atoms with Crippen LogP contribution in [0.3, 0.4) is 0 Å². The number of carbonyl (C=O) groups is 1. The van der Waals surface area contributed by atoms with Gasteiger partial charge >= 0.3 is 0 Å². The van der Waals surface area contributed by atoms with Gasteiger partial charge in [0, 0.05) is 17.4 Å². The van der Waals surface area contributed by atoms with Gasteiger partial charge in [0.05, 0.1) is 18.7 Å². The summed E-state index contributed by atoms with van der Waals surface area (Å²) in [4.78, 5) is 11.8. The standard InChI is InChI=1S/C15H13ClF2N2O2/c1-22-14-5-3-9(7-13(14)18)19-8-15(21)20-10-2-4-12(17)11(16)6-10/h2-7,19H,8H2,1H3,(H,20,21). The molecule has 0 aliphatic rings. The van der Waals surface area contributed by atoms with Crippen molar-refractivity contribution in [2.24, 2.45) is 0 Å². The zero-order valence-corrected chi connectivity index (χ0v) is 12.4. The molecule has 0 bridgehead atoms. The number of rotatable bonds is 5. The Labute approximate surface area is 131 Å². The van der Waals surface area contributed by atoms with E-state index in [2.05, 4.69) is 10.6 Å². The van der Waals surface area contributed by atoms with Crippen LogP contribution in [0.4, 0.5) is 20.2 Å². The summed E-state index contributed by atoms with van der Waals surface area (Å²) < 4.78 is 31.3. The number of methoxy groups -OCH3 is 1. The summed E-state index contributed by atoms with van der Waals surface area (Å²) >= 11 is 5.62. The molecule has 0 heterocycles. The summed E-state index contributed by atoms with van der Waals surface area (Å²) in [5.74, 6) is -1.35. The number of ether oxygens (including phenoxy) is 1. The van der Waals surface area contributed by atoms with Gasteiger partial charge in [-0.2, -0.15) is 0 Å². The van der Waals surface area contributed by atoms with Crippen molar-refractivity contribution in [2.45, 2.75) is 0 Å². The Morgan fingerprint density at radius 3 is 2.50 bits per heavy atom. The van der Waals surface area contributed by atoms with Crippen LogP contribution in [0.2, 0.25) is 5.02 Å². The van der Waals surface area contributed by atoms with Gasteiger partial charge in [-0.1, -0.05) is 11.6 Å². The first-order valence-electron chi connectivity index (χ1n) is 6.32. The van der Waals surface area contributed by atoms with Gasteiger partial charge in [0.15, 0.2) is 11.6 Å². The van der Waals surface area contributed by atoms with Gasteiger partial charge in [-0.25, -0.2) is 8.78 Å². The van der Waals surface area contributed by atoms with Crippen LogP contribution in [-0.2, 0) is 4.79 Å². The SMILES string of the molecule is COc1ccc(NCC(=O)Nc2ccc(F)c(Cl)c2)cc1F. The number of halogens is 3. The summed E-state index contributed by atoms with van der Waals surface area (Å²) in [5.41, 5.74) is 0.810. The van der Waals surface area contributed by atoms with Gasteiger partial charge in [-0.05, 0) is 30.3 Å². The third-order valence-corrected chi connectivity index (χ3v) is 3.10. The summed E-state index contributed by atoms with van der Waals surface area (Å²) in [5, 5.41) is 5.23.